The highest BCUT2D eigenvalue weighted by molar-refractivity contribution is 6.06. The third-order valence-electron chi connectivity index (χ3n) is 6.22. The Morgan fingerprint density at radius 2 is 2.03 bits per heavy atom. The fraction of sp³-hybridized carbons (Fsp3) is 0.440. The summed E-state index contributed by atoms with van der Waals surface area (Å²) in [4.78, 5) is 33.7. The third kappa shape index (κ3) is 3.95. The van der Waals surface area contributed by atoms with E-state index in [0.717, 1.165) is 22.6 Å². The van der Waals surface area contributed by atoms with Gasteiger partial charge in [-0.15, -0.1) is 0 Å². The van der Waals surface area contributed by atoms with Crippen molar-refractivity contribution in [2.24, 2.45) is 0 Å². The predicted molar refractivity (Wildman–Crippen MR) is 130 cm³/mol. The van der Waals surface area contributed by atoms with Gasteiger partial charge < -0.3 is 24.6 Å². The molecule has 0 saturated carbocycles. The van der Waals surface area contributed by atoms with E-state index in [1.54, 1.807) is 11.0 Å². The van der Waals surface area contributed by atoms with Gasteiger partial charge in [0.2, 0.25) is 0 Å². The number of nitrogens with one attached hydrogen (secondary N) is 2. The summed E-state index contributed by atoms with van der Waals surface area (Å²) in [5, 5.41) is 11.2. The molecular weight excluding hydrogens is 434 g/mol. The van der Waals surface area contributed by atoms with Gasteiger partial charge in [0.1, 0.15) is 17.3 Å². The zero-order valence-electron chi connectivity index (χ0n) is 20.5. The van der Waals surface area contributed by atoms with E-state index in [1.165, 1.54) is 7.05 Å². The molecule has 3 heterocycles. The van der Waals surface area contributed by atoms with Crippen LogP contribution < -0.4 is 19.7 Å². The lowest BCUT2D eigenvalue weighted by atomic mass is 9.85. The van der Waals surface area contributed by atoms with Crippen molar-refractivity contribution in [2.45, 2.75) is 32.7 Å². The maximum Gasteiger partial charge on any atom is 0.273 e. The van der Waals surface area contributed by atoms with E-state index in [-0.39, 0.29) is 35.2 Å². The lowest BCUT2D eigenvalue weighted by Crippen LogP contribution is -2.31. The Hall–Kier alpha value is -3.62. The Balaban J connectivity index is 1.62. The normalized spacial score (nSPS) is 15.5. The Labute approximate surface area is 199 Å². The minimum absolute atomic E-state index is 0.0292. The second kappa shape index (κ2) is 8.62. The molecule has 0 fully saturated rings. The predicted octanol–water partition coefficient (Wildman–Crippen LogP) is 2.60. The number of anilines is 1. The second-order valence-electron chi connectivity index (χ2n) is 9.42. The van der Waals surface area contributed by atoms with Crippen LogP contribution in [0.2, 0.25) is 0 Å². The van der Waals surface area contributed by atoms with E-state index in [9.17, 15) is 9.59 Å². The van der Waals surface area contributed by atoms with Crippen LogP contribution in [0.3, 0.4) is 0 Å². The number of hydrogen-bond acceptors (Lipinski definition) is 7. The van der Waals surface area contributed by atoms with E-state index in [2.05, 4.69) is 24.1 Å². The fourth-order valence-electron chi connectivity index (χ4n) is 4.33. The minimum Gasteiger partial charge on any atom is -0.491 e. The molecule has 0 aliphatic carbocycles. The summed E-state index contributed by atoms with van der Waals surface area (Å²) in [6, 6.07) is 5.51. The number of benzene rings is 1. The standard InChI is InChI=1S/C25H31N5O4/c1-7-33-19-10-15-11-30(23(26)20(15)28-21(19)24(32)27-4)12-18(31)14-8-16-22(17(9-14)29(5)6)34-13-25(16,2)3/h8-10,26H,7,11-13H2,1-6H3,(H,27,32). The molecule has 2 aliphatic heterocycles. The molecule has 180 valence electrons. The van der Waals surface area contributed by atoms with Crippen LogP contribution in [0.4, 0.5) is 5.69 Å². The second-order valence-corrected chi connectivity index (χ2v) is 9.42. The van der Waals surface area contributed by atoms with Crippen molar-refractivity contribution < 1.29 is 19.1 Å². The average Bonchev–Trinajstić information content (AvgIpc) is 3.27. The van der Waals surface area contributed by atoms with Gasteiger partial charge in [-0.05, 0) is 25.1 Å². The number of Topliss-reactive ketones (excluding diaryl/α,β-unsaturated/α-hetero) is 1. The first kappa shape index (κ1) is 23.5. The molecule has 0 radical (unpaired) electrons. The van der Waals surface area contributed by atoms with Crippen molar-refractivity contribution in [3.63, 3.8) is 0 Å². The van der Waals surface area contributed by atoms with E-state index in [0.29, 0.717) is 36.8 Å². The van der Waals surface area contributed by atoms with Crippen LogP contribution in [-0.2, 0) is 12.0 Å². The van der Waals surface area contributed by atoms with E-state index >= 15 is 0 Å². The van der Waals surface area contributed by atoms with Gasteiger partial charge in [-0.25, -0.2) is 4.98 Å². The van der Waals surface area contributed by atoms with Gasteiger partial charge in [-0.3, -0.25) is 15.0 Å². The summed E-state index contributed by atoms with van der Waals surface area (Å²) in [5.74, 6) is 0.838. The van der Waals surface area contributed by atoms with Crippen LogP contribution in [0, 0.1) is 5.41 Å². The summed E-state index contributed by atoms with van der Waals surface area (Å²) in [7, 11) is 5.38. The zero-order chi connectivity index (χ0) is 24.8. The quantitative estimate of drug-likeness (QED) is 0.605. The van der Waals surface area contributed by atoms with Crippen molar-refractivity contribution in [1.29, 1.82) is 5.41 Å². The number of rotatable bonds is 7. The summed E-state index contributed by atoms with van der Waals surface area (Å²) in [6.45, 7) is 7.36. The number of amides is 1. The molecule has 4 rings (SSSR count). The van der Waals surface area contributed by atoms with Crippen molar-refractivity contribution in [3.05, 3.63) is 46.3 Å². The molecule has 34 heavy (non-hydrogen) atoms. The number of carbonyl (C=O) groups excluding carboxylic acids is 2. The topological polar surface area (TPSA) is 108 Å². The van der Waals surface area contributed by atoms with Crippen molar-refractivity contribution in [1.82, 2.24) is 15.2 Å². The molecule has 9 nitrogen and oxygen atoms in total. The van der Waals surface area contributed by atoms with Crippen molar-refractivity contribution >= 4 is 23.2 Å². The maximum atomic E-state index is 13.4. The number of aromatic nitrogens is 1. The fourth-order valence-corrected chi connectivity index (χ4v) is 4.33. The molecular formula is C25H31N5O4. The molecule has 0 saturated heterocycles. The number of carbonyl (C=O) groups is 2. The molecule has 1 amide bonds. The Morgan fingerprint density at radius 3 is 2.68 bits per heavy atom. The monoisotopic (exact) mass is 465 g/mol. The SMILES string of the molecule is CCOc1cc2c(nc1C(=O)NC)C(=N)N(CC(=O)c1cc(N(C)C)c3c(c1)C(C)(C)CO3)C2. The lowest BCUT2D eigenvalue weighted by molar-refractivity contribution is 0.0949. The van der Waals surface area contributed by atoms with Gasteiger partial charge in [0.05, 0.1) is 25.4 Å². The van der Waals surface area contributed by atoms with Crippen LogP contribution in [0.5, 0.6) is 11.5 Å². The third-order valence-corrected chi connectivity index (χ3v) is 6.22. The summed E-state index contributed by atoms with van der Waals surface area (Å²) < 4.78 is 11.6. The van der Waals surface area contributed by atoms with E-state index in [4.69, 9.17) is 14.9 Å². The molecule has 9 heteroatoms. The minimum atomic E-state index is -0.382. The molecule has 1 aromatic heterocycles. The first-order valence-electron chi connectivity index (χ1n) is 11.3. The zero-order valence-corrected chi connectivity index (χ0v) is 20.5. The van der Waals surface area contributed by atoms with Crippen LogP contribution in [0.1, 0.15) is 58.4 Å². The summed E-state index contributed by atoms with van der Waals surface area (Å²) in [5.41, 5.74) is 3.56. The van der Waals surface area contributed by atoms with E-state index < -0.39 is 0 Å². The Bertz CT molecular complexity index is 1190. The van der Waals surface area contributed by atoms with Crippen LogP contribution in [0.25, 0.3) is 0 Å². The van der Waals surface area contributed by atoms with Gasteiger partial charge in [0.15, 0.2) is 17.2 Å². The van der Waals surface area contributed by atoms with Gasteiger partial charge in [-0.2, -0.15) is 0 Å². The summed E-state index contributed by atoms with van der Waals surface area (Å²) >= 11 is 0. The molecule has 2 aliphatic rings. The number of hydrogen-bond donors (Lipinski definition) is 2. The van der Waals surface area contributed by atoms with Gasteiger partial charge in [0.25, 0.3) is 5.91 Å². The highest BCUT2D eigenvalue weighted by atomic mass is 16.5. The number of pyridine rings is 1. The highest BCUT2D eigenvalue weighted by Crippen LogP contribution is 2.45. The number of ketones is 1. The number of ether oxygens (including phenoxy) is 2. The largest absolute Gasteiger partial charge is 0.491 e. The molecule has 2 aromatic rings. The molecule has 0 bridgehead atoms. The van der Waals surface area contributed by atoms with Crippen molar-refractivity contribution in [3.8, 4) is 11.5 Å². The van der Waals surface area contributed by atoms with Crippen molar-refractivity contribution in [2.75, 3.05) is 45.8 Å². The number of amidine groups is 1. The van der Waals surface area contributed by atoms with Gasteiger partial charge in [-0.1, -0.05) is 13.8 Å². The highest BCUT2D eigenvalue weighted by Gasteiger charge is 2.36. The smallest absolute Gasteiger partial charge is 0.273 e. The van der Waals surface area contributed by atoms with Crippen LogP contribution >= 0.6 is 0 Å². The Morgan fingerprint density at radius 1 is 1.29 bits per heavy atom. The first-order chi connectivity index (χ1) is 16.1. The van der Waals surface area contributed by atoms with Crippen LogP contribution in [-0.4, -0.2) is 68.3 Å². The van der Waals surface area contributed by atoms with Gasteiger partial charge >= 0.3 is 0 Å². The lowest BCUT2D eigenvalue weighted by Gasteiger charge is -2.21. The molecule has 1 aromatic carbocycles. The molecule has 0 unspecified atom stereocenters. The van der Waals surface area contributed by atoms with Gasteiger partial charge in [0, 0.05) is 49.8 Å². The Kier molecular flexibility index (Phi) is 5.97. The molecule has 0 atom stereocenters. The van der Waals surface area contributed by atoms with E-state index in [1.807, 2.05) is 38.1 Å². The van der Waals surface area contributed by atoms with Crippen LogP contribution in [0.15, 0.2) is 18.2 Å². The number of nitrogens with zero attached hydrogens (tertiary/aromatic N) is 3. The first-order valence-corrected chi connectivity index (χ1v) is 11.3. The maximum absolute atomic E-state index is 13.4. The number of fused-ring (bicyclic) bond motifs is 2. The average molecular weight is 466 g/mol. The summed E-state index contributed by atoms with van der Waals surface area (Å²) in [6.07, 6.45) is 0. The molecule has 0 spiro atoms. The molecule has 2 N–H and O–H groups in total.